The number of amides is 1. The molecule has 1 saturated heterocycles. The van der Waals surface area contributed by atoms with Crippen LogP contribution >= 0.6 is 12.4 Å². The first-order valence-corrected chi connectivity index (χ1v) is 7.75. The van der Waals surface area contributed by atoms with Gasteiger partial charge in [0.1, 0.15) is 16.9 Å². The van der Waals surface area contributed by atoms with Crippen LogP contribution in [0.25, 0.3) is 11.0 Å². The van der Waals surface area contributed by atoms with E-state index in [4.69, 9.17) is 9.15 Å². The Hall–Kier alpha value is -1.56. The molecule has 0 atom stereocenters. The maximum Gasteiger partial charge on any atom is 0.252 e. The van der Waals surface area contributed by atoms with Crippen LogP contribution in [-0.4, -0.2) is 38.3 Å². The Morgan fingerprint density at radius 2 is 2.09 bits per heavy atom. The molecule has 0 radical (unpaired) electrons. The zero-order valence-electron chi connectivity index (χ0n) is 13.3. The summed E-state index contributed by atoms with van der Waals surface area (Å²) in [6.45, 7) is 2.17. The fraction of sp³-hybridized carbons (Fsp3) is 0.471. The molecule has 1 aliphatic heterocycles. The molecule has 0 saturated carbocycles. The van der Waals surface area contributed by atoms with Crippen LogP contribution in [0.3, 0.4) is 0 Å². The second-order valence-electron chi connectivity index (χ2n) is 5.70. The topological polar surface area (TPSA) is 63.5 Å². The van der Waals surface area contributed by atoms with Crippen LogP contribution in [-0.2, 0) is 16.0 Å². The van der Waals surface area contributed by atoms with E-state index >= 15 is 0 Å². The number of methoxy groups -OCH3 is 1. The van der Waals surface area contributed by atoms with Crippen molar-refractivity contribution in [3.8, 4) is 0 Å². The van der Waals surface area contributed by atoms with Crippen LogP contribution in [0.1, 0.15) is 18.6 Å². The van der Waals surface area contributed by atoms with Gasteiger partial charge in [0.15, 0.2) is 0 Å². The quantitative estimate of drug-likeness (QED) is 0.878. The molecule has 1 fully saturated rings. The molecule has 6 heteroatoms. The van der Waals surface area contributed by atoms with Gasteiger partial charge in [-0.2, -0.15) is 0 Å². The lowest BCUT2D eigenvalue weighted by atomic mass is 9.91. The highest BCUT2D eigenvalue weighted by molar-refractivity contribution is 5.85. The number of halogens is 1. The normalized spacial score (nSPS) is 16.7. The number of carbonyl (C=O) groups excluding carboxylic acids is 1. The molecule has 0 aliphatic carbocycles. The van der Waals surface area contributed by atoms with Crippen molar-refractivity contribution in [1.82, 2.24) is 10.6 Å². The molecule has 0 spiro atoms. The van der Waals surface area contributed by atoms with Crippen LogP contribution in [0.5, 0.6) is 0 Å². The molecule has 126 valence electrons. The van der Waals surface area contributed by atoms with Crippen LogP contribution in [0.15, 0.2) is 34.7 Å². The van der Waals surface area contributed by atoms with Crippen molar-refractivity contribution in [3.05, 3.63) is 36.1 Å². The summed E-state index contributed by atoms with van der Waals surface area (Å²) >= 11 is 0. The van der Waals surface area contributed by atoms with Gasteiger partial charge in [-0.1, -0.05) is 18.2 Å². The Labute approximate surface area is 142 Å². The highest BCUT2D eigenvalue weighted by atomic mass is 35.5. The Kier molecular flexibility index (Phi) is 6.04. The van der Waals surface area contributed by atoms with E-state index in [1.165, 1.54) is 0 Å². The van der Waals surface area contributed by atoms with Gasteiger partial charge in [0.2, 0.25) is 0 Å². The number of piperidine rings is 1. The van der Waals surface area contributed by atoms with E-state index in [1.807, 2.05) is 30.3 Å². The Morgan fingerprint density at radius 1 is 1.35 bits per heavy atom. The smallest absolute Gasteiger partial charge is 0.252 e. The van der Waals surface area contributed by atoms with E-state index in [0.29, 0.717) is 25.8 Å². The predicted molar refractivity (Wildman–Crippen MR) is 92.0 cm³/mol. The monoisotopic (exact) mass is 338 g/mol. The molecule has 5 nitrogen and oxygen atoms in total. The average Bonchev–Trinajstić information content (AvgIpc) is 2.98. The highest BCUT2D eigenvalue weighted by Crippen LogP contribution is 2.23. The summed E-state index contributed by atoms with van der Waals surface area (Å²) < 4.78 is 11.3. The SMILES string of the molecule is COC1(C(=O)NCCc2cc3ccccc3o2)CCNCC1.Cl. The molecule has 23 heavy (non-hydrogen) atoms. The van der Waals surface area contributed by atoms with Crippen LogP contribution in [0.4, 0.5) is 0 Å². The first-order valence-electron chi connectivity index (χ1n) is 7.75. The lowest BCUT2D eigenvalue weighted by Crippen LogP contribution is -2.54. The highest BCUT2D eigenvalue weighted by Gasteiger charge is 2.39. The number of hydrogen-bond acceptors (Lipinski definition) is 4. The number of benzene rings is 1. The molecular weight excluding hydrogens is 316 g/mol. The van der Waals surface area contributed by atoms with E-state index in [0.717, 1.165) is 29.8 Å². The number of furan rings is 1. The van der Waals surface area contributed by atoms with Crippen LogP contribution in [0.2, 0.25) is 0 Å². The number of nitrogens with one attached hydrogen (secondary N) is 2. The van der Waals surface area contributed by atoms with Crippen molar-refractivity contribution < 1.29 is 13.9 Å². The third kappa shape index (κ3) is 3.86. The number of para-hydroxylation sites is 1. The third-order valence-corrected chi connectivity index (χ3v) is 4.35. The minimum atomic E-state index is -0.681. The lowest BCUT2D eigenvalue weighted by molar-refractivity contribution is -0.146. The lowest BCUT2D eigenvalue weighted by Gasteiger charge is -2.34. The van der Waals surface area contributed by atoms with Gasteiger partial charge in [-0.25, -0.2) is 0 Å². The molecule has 1 aromatic carbocycles. The standard InChI is InChI=1S/C17H22N2O3.ClH/c1-21-17(7-10-18-11-8-17)16(20)19-9-6-14-12-13-4-2-3-5-15(13)22-14;/h2-5,12,18H,6-11H2,1H3,(H,19,20);1H. The van der Waals surface area contributed by atoms with Gasteiger partial charge in [-0.3, -0.25) is 4.79 Å². The zero-order valence-corrected chi connectivity index (χ0v) is 14.1. The van der Waals surface area contributed by atoms with Crippen LogP contribution in [0, 0.1) is 0 Å². The van der Waals surface area contributed by atoms with Crippen molar-refractivity contribution in [2.24, 2.45) is 0 Å². The van der Waals surface area contributed by atoms with E-state index in [2.05, 4.69) is 10.6 Å². The minimum Gasteiger partial charge on any atom is -0.461 e. The summed E-state index contributed by atoms with van der Waals surface area (Å²) in [5.41, 5.74) is 0.203. The molecule has 2 heterocycles. The molecule has 1 amide bonds. The number of rotatable bonds is 5. The van der Waals surface area contributed by atoms with Crippen LogP contribution < -0.4 is 10.6 Å². The molecule has 3 rings (SSSR count). The van der Waals surface area contributed by atoms with Gasteiger partial charge in [-0.15, -0.1) is 12.4 Å². The summed E-state index contributed by atoms with van der Waals surface area (Å²) in [6.07, 6.45) is 2.10. The summed E-state index contributed by atoms with van der Waals surface area (Å²) in [6, 6.07) is 9.94. The predicted octanol–water partition coefficient (Wildman–Crippen LogP) is 2.28. The second-order valence-corrected chi connectivity index (χ2v) is 5.70. The molecule has 0 bridgehead atoms. The largest absolute Gasteiger partial charge is 0.461 e. The van der Waals surface area contributed by atoms with Crippen molar-refractivity contribution in [2.45, 2.75) is 24.9 Å². The van der Waals surface area contributed by atoms with Gasteiger partial charge in [0.05, 0.1) is 0 Å². The summed E-state index contributed by atoms with van der Waals surface area (Å²) in [4.78, 5) is 12.4. The van der Waals surface area contributed by atoms with Gasteiger partial charge in [0, 0.05) is 25.5 Å². The number of carbonyl (C=O) groups is 1. The fourth-order valence-electron chi connectivity index (χ4n) is 2.97. The van der Waals surface area contributed by atoms with Gasteiger partial charge >= 0.3 is 0 Å². The molecule has 2 aromatic rings. The third-order valence-electron chi connectivity index (χ3n) is 4.35. The van der Waals surface area contributed by atoms with E-state index < -0.39 is 5.60 Å². The number of fused-ring (bicyclic) bond motifs is 1. The Morgan fingerprint density at radius 3 is 2.78 bits per heavy atom. The molecular formula is C17H23ClN2O3. The van der Waals surface area contributed by atoms with Gasteiger partial charge in [0.25, 0.3) is 5.91 Å². The second kappa shape index (κ2) is 7.81. The molecule has 2 N–H and O–H groups in total. The van der Waals surface area contributed by atoms with Crippen molar-refractivity contribution in [1.29, 1.82) is 0 Å². The molecule has 1 aromatic heterocycles. The summed E-state index contributed by atoms with van der Waals surface area (Å²) in [5, 5.41) is 7.33. The maximum atomic E-state index is 12.4. The molecule has 1 aliphatic rings. The van der Waals surface area contributed by atoms with Gasteiger partial charge in [-0.05, 0) is 38.1 Å². The van der Waals surface area contributed by atoms with Crippen molar-refractivity contribution in [2.75, 3.05) is 26.7 Å². The zero-order chi connectivity index (χ0) is 15.4. The number of hydrogen-bond donors (Lipinski definition) is 2. The first kappa shape index (κ1) is 17.8. The first-order chi connectivity index (χ1) is 10.7. The van der Waals surface area contributed by atoms with Crippen molar-refractivity contribution >= 4 is 29.3 Å². The fourth-order valence-corrected chi connectivity index (χ4v) is 2.97. The summed E-state index contributed by atoms with van der Waals surface area (Å²) in [5.74, 6) is 0.867. The van der Waals surface area contributed by atoms with E-state index in [9.17, 15) is 4.79 Å². The van der Waals surface area contributed by atoms with E-state index in [-0.39, 0.29) is 18.3 Å². The van der Waals surface area contributed by atoms with E-state index in [1.54, 1.807) is 7.11 Å². The Balaban J connectivity index is 0.00000192. The minimum absolute atomic E-state index is 0. The maximum absolute atomic E-state index is 12.4. The molecule has 0 unspecified atom stereocenters. The average molecular weight is 339 g/mol. The number of ether oxygens (including phenoxy) is 1. The summed E-state index contributed by atoms with van der Waals surface area (Å²) in [7, 11) is 1.62. The Bertz CT molecular complexity index is 617. The van der Waals surface area contributed by atoms with Gasteiger partial charge < -0.3 is 19.8 Å². The van der Waals surface area contributed by atoms with Crippen molar-refractivity contribution in [3.63, 3.8) is 0 Å².